The molecule has 1 heteroatoms. The summed E-state index contributed by atoms with van der Waals surface area (Å²) in [6.07, 6.45) is 7.53. The van der Waals surface area contributed by atoms with Gasteiger partial charge >= 0.3 is 0 Å². The van der Waals surface area contributed by atoms with E-state index in [-0.39, 0.29) is 5.78 Å². The van der Waals surface area contributed by atoms with Crippen LogP contribution >= 0.6 is 0 Å². The summed E-state index contributed by atoms with van der Waals surface area (Å²) in [5, 5.41) is 0. The van der Waals surface area contributed by atoms with Crippen LogP contribution in [0.4, 0.5) is 0 Å². The second kappa shape index (κ2) is 6.17. The highest BCUT2D eigenvalue weighted by molar-refractivity contribution is 5.76. The number of hydrogen-bond donors (Lipinski definition) is 0. The van der Waals surface area contributed by atoms with Crippen molar-refractivity contribution in [3.05, 3.63) is 35.4 Å². The standard InChI is InChI=1S/C17H24O/c1-13(12-14(2)18)15-8-10-17(11-9-15)16-6-4-3-5-7-16/h8-11,13,16H,3-7,12H2,1-2H3. The van der Waals surface area contributed by atoms with Gasteiger partial charge in [-0.2, -0.15) is 0 Å². The molecule has 1 nitrogen and oxygen atoms in total. The topological polar surface area (TPSA) is 17.1 Å². The second-order valence-corrected chi connectivity index (χ2v) is 5.81. The van der Waals surface area contributed by atoms with Crippen LogP contribution in [0.3, 0.4) is 0 Å². The van der Waals surface area contributed by atoms with Gasteiger partial charge in [0.25, 0.3) is 0 Å². The molecule has 0 aromatic heterocycles. The maximum atomic E-state index is 11.1. The van der Waals surface area contributed by atoms with Gasteiger partial charge in [0, 0.05) is 6.42 Å². The molecule has 1 atom stereocenters. The Morgan fingerprint density at radius 1 is 1.17 bits per heavy atom. The summed E-state index contributed by atoms with van der Waals surface area (Å²) >= 11 is 0. The first-order chi connectivity index (χ1) is 8.66. The SMILES string of the molecule is CC(=O)CC(C)c1ccc(C2CCCCC2)cc1. The zero-order valence-corrected chi connectivity index (χ0v) is 11.6. The van der Waals surface area contributed by atoms with Crippen LogP contribution in [0.2, 0.25) is 0 Å². The van der Waals surface area contributed by atoms with E-state index in [9.17, 15) is 4.79 Å². The molecule has 0 amide bonds. The Morgan fingerprint density at radius 2 is 1.78 bits per heavy atom. The average Bonchev–Trinajstić information content (AvgIpc) is 2.39. The molecule has 1 fully saturated rings. The molecule has 0 saturated heterocycles. The molecule has 98 valence electrons. The number of carbonyl (C=O) groups excluding carboxylic acids is 1. The fraction of sp³-hybridized carbons (Fsp3) is 0.588. The first kappa shape index (κ1) is 13.3. The third-order valence-corrected chi connectivity index (χ3v) is 4.18. The van der Waals surface area contributed by atoms with Crippen molar-refractivity contribution in [2.75, 3.05) is 0 Å². The summed E-state index contributed by atoms with van der Waals surface area (Å²) in [7, 11) is 0. The summed E-state index contributed by atoms with van der Waals surface area (Å²) in [6.45, 7) is 3.81. The Morgan fingerprint density at radius 3 is 2.33 bits per heavy atom. The van der Waals surface area contributed by atoms with E-state index in [1.54, 1.807) is 6.92 Å². The van der Waals surface area contributed by atoms with Gasteiger partial charge in [0.05, 0.1) is 0 Å². The monoisotopic (exact) mass is 244 g/mol. The molecule has 0 spiro atoms. The Bertz CT molecular complexity index is 385. The Hall–Kier alpha value is -1.11. The summed E-state index contributed by atoms with van der Waals surface area (Å²) in [4.78, 5) is 11.1. The largest absolute Gasteiger partial charge is 0.300 e. The normalized spacial score (nSPS) is 18.6. The molecule has 0 radical (unpaired) electrons. The zero-order valence-electron chi connectivity index (χ0n) is 11.6. The van der Waals surface area contributed by atoms with Crippen LogP contribution < -0.4 is 0 Å². The molecule has 1 aromatic carbocycles. The van der Waals surface area contributed by atoms with Gasteiger partial charge in [-0.05, 0) is 42.7 Å². The minimum Gasteiger partial charge on any atom is -0.300 e. The molecule has 0 N–H and O–H groups in total. The smallest absolute Gasteiger partial charge is 0.130 e. The van der Waals surface area contributed by atoms with Crippen LogP contribution in [0.1, 0.15) is 75.3 Å². The molecule has 2 rings (SSSR count). The van der Waals surface area contributed by atoms with Crippen molar-refractivity contribution in [1.82, 2.24) is 0 Å². The van der Waals surface area contributed by atoms with Crippen LogP contribution in [-0.4, -0.2) is 5.78 Å². The number of ketones is 1. The quantitative estimate of drug-likeness (QED) is 0.742. The van der Waals surface area contributed by atoms with E-state index in [1.165, 1.54) is 43.2 Å². The molecular weight excluding hydrogens is 220 g/mol. The van der Waals surface area contributed by atoms with Crippen molar-refractivity contribution >= 4 is 5.78 Å². The average molecular weight is 244 g/mol. The number of carbonyl (C=O) groups is 1. The van der Waals surface area contributed by atoms with E-state index in [1.807, 2.05) is 0 Å². The molecule has 0 bridgehead atoms. The van der Waals surface area contributed by atoms with Gasteiger partial charge in [0.1, 0.15) is 5.78 Å². The van der Waals surface area contributed by atoms with Gasteiger partial charge in [-0.15, -0.1) is 0 Å². The molecule has 1 aliphatic carbocycles. The predicted molar refractivity (Wildman–Crippen MR) is 76.0 cm³/mol. The summed E-state index contributed by atoms with van der Waals surface area (Å²) in [5.74, 6) is 1.40. The molecule has 1 saturated carbocycles. The van der Waals surface area contributed by atoms with E-state index in [0.29, 0.717) is 12.3 Å². The van der Waals surface area contributed by atoms with Crippen LogP contribution in [-0.2, 0) is 4.79 Å². The Balaban J connectivity index is 2.02. The number of rotatable bonds is 4. The van der Waals surface area contributed by atoms with Crippen molar-refractivity contribution in [2.24, 2.45) is 0 Å². The lowest BCUT2D eigenvalue weighted by atomic mass is 9.83. The molecule has 1 aliphatic rings. The first-order valence-corrected chi connectivity index (χ1v) is 7.26. The van der Waals surface area contributed by atoms with Crippen LogP contribution in [0, 0.1) is 0 Å². The fourth-order valence-corrected chi connectivity index (χ4v) is 3.08. The van der Waals surface area contributed by atoms with Gasteiger partial charge in [-0.3, -0.25) is 0 Å². The minimum atomic E-state index is 0.277. The fourth-order valence-electron chi connectivity index (χ4n) is 3.08. The first-order valence-electron chi connectivity index (χ1n) is 7.26. The molecule has 18 heavy (non-hydrogen) atoms. The highest BCUT2D eigenvalue weighted by Gasteiger charge is 2.15. The third kappa shape index (κ3) is 3.44. The molecular formula is C17H24O. The Labute approximate surface area is 111 Å². The van der Waals surface area contributed by atoms with Crippen LogP contribution in [0.25, 0.3) is 0 Å². The number of Topliss-reactive ketones (excluding diaryl/α,β-unsaturated/α-hetero) is 1. The second-order valence-electron chi connectivity index (χ2n) is 5.81. The predicted octanol–water partition coefficient (Wildman–Crippen LogP) is 4.82. The van der Waals surface area contributed by atoms with Gasteiger partial charge in [0.2, 0.25) is 0 Å². The summed E-state index contributed by atoms with van der Waals surface area (Å²) < 4.78 is 0. The van der Waals surface area contributed by atoms with Gasteiger partial charge in [-0.25, -0.2) is 0 Å². The number of hydrogen-bond acceptors (Lipinski definition) is 1. The van der Waals surface area contributed by atoms with E-state index < -0.39 is 0 Å². The van der Waals surface area contributed by atoms with Crippen molar-refractivity contribution in [3.8, 4) is 0 Å². The van der Waals surface area contributed by atoms with Crippen molar-refractivity contribution in [3.63, 3.8) is 0 Å². The summed E-state index contributed by atoms with van der Waals surface area (Å²) in [6, 6.07) is 9.00. The van der Waals surface area contributed by atoms with Gasteiger partial charge in [-0.1, -0.05) is 50.5 Å². The lowest BCUT2D eigenvalue weighted by Crippen LogP contribution is -2.05. The summed E-state index contributed by atoms with van der Waals surface area (Å²) in [5.41, 5.74) is 2.79. The minimum absolute atomic E-state index is 0.277. The van der Waals surface area contributed by atoms with E-state index >= 15 is 0 Å². The van der Waals surface area contributed by atoms with Gasteiger partial charge in [0.15, 0.2) is 0 Å². The van der Waals surface area contributed by atoms with Crippen molar-refractivity contribution in [2.45, 2.75) is 64.2 Å². The molecule has 0 aliphatic heterocycles. The van der Waals surface area contributed by atoms with Crippen molar-refractivity contribution in [1.29, 1.82) is 0 Å². The van der Waals surface area contributed by atoms with Crippen LogP contribution in [0.5, 0.6) is 0 Å². The van der Waals surface area contributed by atoms with E-state index in [2.05, 4.69) is 31.2 Å². The Kier molecular flexibility index (Phi) is 4.57. The van der Waals surface area contributed by atoms with E-state index in [0.717, 1.165) is 5.92 Å². The molecule has 0 heterocycles. The third-order valence-electron chi connectivity index (χ3n) is 4.18. The van der Waals surface area contributed by atoms with E-state index in [4.69, 9.17) is 0 Å². The molecule has 1 unspecified atom stereocenters. The lowest BCUT2D eigenvalue weighted by molar-refractivity contribution is -0.117. The zero-order chi connectivity index (χ0) is 13.0. The molecule has 1 aromatic rings. The number of benzene rings is 1. The highest BCUT2D eigenvalue weighted by Crippen LogP contribution is 2.33. The maximum Gasteiger partial charge on any atom is 0.130 e. The highest BCUT2D eigenvalue weighted by atomic mass is 16.1. The van der Waals surface area contributed by atoms with Gasteiger partial charge < -0.3 is 4.79 Å². The van der Waals surface area contributed by atoms with Crippen LogP contribution in [0.15, 0.2) is 24.3 Å². The lowest BCUT2D eigenvalue weighted by Gasteiger charge is -2.22. The van der Waals surface area contributed by atoms with Crippen molar-refractivity contribution < 1.29 is 4.79 Å². The maximum absolute atomic E-state index is 11.1.